The number of pyridine rings is 1. The lowest BCUT2D eigenvalue weighted by Crippen LogP contribution is -2.33. The van der Waals surface area contributed by atoms with Crippen molar-refractivity contribution in [3.05, 3.63) is 53.3 Å². The third-order valence-electron chi connectivity index (χ3n) is 4.80. The molecule has 1 fully saturated rings. The van der Waals surface area contributed by atoms with Gasteiger partial charge in [-0.15, -0.1) is 0 Å². The van der Waals surface area contributed by atoms with Crippen LogP contribution in [0.2, 0.25) is 5.15 Å². The van der Waals surface area contributed by atoms with Gasteiger partial charge in [0, 0.05) is 24.8 Å². The van der Waals surface area contributed by atoms with Crippen molar-refractivity contribution in [3.63, 3.8) is 0 Å². The van der Waals surface area contributed by atoms with Crippen LogP contribution in [0.5, 0.6) is 0 Å². The molecule has 1 aromatic heterocycles. The number of nitrogens with one attached hydrogen (secondary N) is 1. The van der Waals surface area contributed by atoms with E-state index >= 15 is 0 Å². The van der Waals surface area contributed by atoms with E-state index in [0.717, 1.165) is 17.7 Å². The summed E-state index contributed by atoms with van der Waals surface area (Å²) in [7, 11) is 0. The number of aryl methyl sites for hydroxylation is 1. The van der Waals surface area contributed by atoms with Gasteiger partial charge in [-0.05, 0) is 37.1 Å². The number of nitrogens with zero attached hydrogens (tertiary/aromatic N) is 2. The Morgan fingerprint density at radius 1 is 1.31 bits per heavy atom. The van der Waals surface area contributed by atoms with Gasteiger partial charge in [-0.1, -0.05) is 36.7 Å². The fourth-order valence-electron chi connectivity index (χ4n) is 3.21. The molecule has 152 valence electrons. The Morgan fingerprint density at radius 3 is 2.79 bits per heavy atom. The number of halogens is 1. The van der Waals surface area contributed by atoms with Gasteiger partial charge in [0.1, 0.15) is 0 Å². The lowest BCUT2D eigenvalue weighted by Gasteiger charge is -2.20. The van der Waals surface area contributed by atoms with Crippen LogP contribution in [0.4, 0.5) is 11.4 Å². The van der Waals surface area contributed by atoms with E-state index in [-0.39, 0.29) is 24.0 Å². The number of ether oxygens (including phenoxy) is 1. The number of para-hydroxylation sites is 1. The predicted octanol–water partition coefficient (Wildman–Crippen LogP) is 3.22. The molecule has 2 amide bonds. The Balaban J connectivity index is 1.61. The van der Waals surface area contributed by atoms with Crippen molar-refractivity contribution < 1.29 is 19.1 Å². The molecule has 1 N–H and O–H groups in total. The standard InChI is InChI=1S/C21H22ClN3O4/c1-3-14-7-4-5-9-17(14)25-12-15(11-18(25)26)21(28)29-13(2)20(27)24-16-8-6-10-23-19(16)22/h4-10,13,15H,3,11-12H2,1-2H3,(H,24,27)/t13-,15-/m1/s1. The minimum absolute atomic E-state index is 0.0552. The molecule has 29 heavy (non-hydrogen) atoms. The second kappa shape index (κ2) is 9.05. The van der Waals surface area contributed by atoms with Crippen molar-refractivity contribution in [2.45, 2.75) is 32.8 Å². The molecule has 0 aliphatic carbocycles. The molecule has 2 heterocycles. The molecule has 8 heteroatoms. The van der Waals surface area contributed by atoms with E-state index in [1.807, 2.05) is 31.2 Å². The Labute approximate surface area is 174 Å². The molecule has 2 aromatic rings. The van der Waals surface area contributed by atoms with Gasteiger partial charge in [0.05, 0.1) is 11.6 Å². The topological polar surface area (TPSA) is 88.6 Å². The smallest absolute Gasteiger partial charge is 0.312 e. The first-order chi connectivity index (χ1) is 13.9. The summed E-state index contributed by atoms with van der Waals surface area (Å²) in [6.07, 6.45) is 1.30. The van der Waals surface area contributed by atoms with Gasteiger partial charge in [-0.3, -0.25) is 14.4 Å². The van der Waals surface area contributed by atoms with E-state index in [9.17, 15) is 14.4 Å². The molecule has 0 unspecified atom stereocenters. The zero-order valence-corrected chi connectivity index (χ0v) is 17.0. The molecular weight excluding hydrogens is 394 g/mol. The van der Waals surface area contributed by atoms with Crippen LogP contribution in [-0.2, 0) is 25.5 Å². The number of hydrogen-bond acceptors (Lipinski definition) is 5. The van der Waals surface area contributed by atoms with Crippen LogP contribution in [0.25, 0.3) is 0 Å². The van der Waals surface area contributed by atoms with E-state index < -0.39 is 23.9 Å². The molecule has 0 saturated carbocycles. The molecule has 0 spiro atoms. The van der Waals surface area contributed by atoms with E-state index in [1.54, 1.807) is 17.0 Å². The molecule has 1 aromatic carbocycles. The van der Waals surface area contributed by atoms with Crippen LogP contribution in [0.1, 0.15) is 25.8 Å². The summed E-state index contributed by atoms with van der Waals surface area (Å²) in [4.78, 5) is 42.8. The van der Waals surface area contributed by atoms with Crippen molar-refractivity contribution >= 4 is 40.8 Å². The lowest BCUT2D eigenvalue weighted by molar-refractivity contribution is -0.157. The largest absolute Gasteiger partial charge is 0.452 e. The van der Waals surface area contributed by atoms with Gasteiger partial charge in [0.25, 0.3) is 5.91 Å². The fourth-order valence-corrected chi connectivity index (χ4v) is 3.38. The van der Waals surface area contributed by atoms with Crippen molar-refractivity contribution in [2.24, 2.45) is 5.92 Å². The summed E-state index contributed by atoms with van der Waals surface area (Å²) in [6.45, 7) is 3.72. The first-order valence-electron chi connectivity index (χ1n) is 9.40. The van der Waals surface area contributed by atoms with Gasteiger partial charge in [0.15, 0.2) is 11.3 Å². The maximum absolute atomic E-state index is 12.5. The quantitative estimate of drug-likeness (QED) is 0.578. The number of benzene rings is 1. The van der Waals surface area contributed by atoms with Gasteiger partial charge in [0.2, 0.25) is 5.91 Å². The van der Waals surface area contributed by atoms with Crippen LogP contribution in [0, 0.1) is 5.92 Å². The van der Waals surface area contributed by atoms with E-state index in [0.29, 0.717) is 5.69 Å². The number of hydrogen-bond donors (Lipinski definition) is 1. The van der Waals surface area contributed by atoms with Gasteiger partial charge >= 0.3 is 5.97 Å². The number of amides is 2. The molecular formula is C21H22ClN3O4. The monoisotopic (exact) mass is 415 g/mol. The SMILES string of the molecule is CCc1ccccc1N1C[C@H](C(=O)O[C@H](C)C(=O)Nc2cccnc2Cl)CC1=O. The first-order valence-corrected chi connectivity index (χ1v) is 9.78. The molecule has 0 radical (unpaired) electrons. The third-order valence-corrected chi connectivity index (χ3v) is 5.10. The van der Waals surface area contributed by atoms with Crippen molar-refractivity contribution in [2.75, 3.05) is 16.8 Å². The number of aromatic nitrogens is 1. The van der Waals surface area contributed by atoms with E-state index in [1.165, 1.54) is 13.1 Å². The highest BCUT2D eigenvalue weighted by Crippen LogP contribution is 2.29. The maximum Gasteiger partial charge on any atom is 0.312 e. The Hall–Kier alpha value is -2.93. The molecule has 0 bridgehead atoms. The summed E-state index contributed by atoms with van der Waals surface area (Å²) in [5.74, 6) is -1.85. The van der Waals surface area contributed by atoms with Gasteiger partial charge in [-0.25, -0.2) is 4.98 Å². The highest BCUT2D eigenvalue weighted by molar-refractivity contribution is 6.32. The van der Waals surface area contributed by atoms with Crippen LogP contribution in [0.3, 0.4) is 0 Å². The second-order valence-corrected chi connectivity index (χ2v) is 7.16. The van der Waals surface area contributed by atoms with Crippen LogP contribution in [-0.4, -0.2) is 35.4 Å². The van der Waals surface area contributed by atoms with Crippen LogP contribution < -0.4 is 10.2 Å². The Bertz CT molecular complexity index is 934. The molecule has 1 saturated heterocycles. The Morgan fingerprint density at radius 2 is 2.07 bits per heavy atom. The number of carbonyl (C=O) groups excluding carboxylic acids is 3. The van der Waals surface area contributed by atoms with Crippen LogP contribution >= 0.6 is 11.6 Å². The van der Waals surface area contributed by atoms with Crippen molar-refractivity contribution in [1.29, 1.82) is 0 Å². The normalized spacial score (nSPS) is 17.1. The lowest BCUT2D eigenvalue weighted by atomic mass is 10.1. The Kier molecular flexibility index (Phi) is 6.49. The summed E-state index contributed by atoms with van der Waals surface area (Å²) in [6, 6.07) is 10.8. The van der Waals surface area contributed by atoms with Crippen molar-refractivity contribution in [1.82, 2.24) is 4.98 Å². The minimum atomic E-state index is -1.04. The summed E-state index contributed by atoms with van der Waals surface area (Å²) >= 11 is 5.92. The van der Waals surface area contributed by atoms with Crippen molar-refractivity contribution in [3.8, 4) is 0 Å². The molecule has 3 rings (SSSR count). The number of anilines is 2. The van der Waals surface area contributed by atoms with Crippen LogP contribution in [0.15, 0.2) is 42.6 Å². The highest BCUT2D eigenvalue weighted by Gasteiger charge is 2.37. The zero-order valence-electron chi connectivity index (χ0n) is 16.2. The highest BCUT2D eigenvalue weighted by atomic mass is 35.5. The van der Waals surface area contributed by atoms with Gasteiger partial charge < -0.3 is 15.0 Å². The fraction of sp³-hybridized carbons (Fsp3) is 0.333. The third kappa shape index (κ3) is 4.74. The average Bonchev–Trinajstić information content (AvgIpc) is 3.11. The second-order valence-electron chi connectivity index (χ2n) is 6.80. The molecule has 2 atom stereocenters. The maximum atomic E-state index is 12.5. The van der Waals surface area contributed by atoms with E-state index in [4.69, 9.17) is 16.3 Å². The average molecular weight is 416 g/mol. The number of rotatable bonds is 6. The summed E-state index contributed by atoms with van der Waals surface area (Å²) < 4.78 is 5.30. The molecule has 1 aliphatic rings. The molecule has 7 nitrogen and oxygen atoms in total. The minimum Gasteiger partial charge on any atom is -0.452 e. The first kappa shape index (κ1) is 20.8. The zero-order chi connectivity index (χ0) is 21.0. The van der Waals surface area contributed by atoms with E-state index in [2.05, 4.69) is 10.3 Å². The summed E-state index contributed by atoms with van der Waals surface area (Å²) in [5.41, 5.74) is 2.18. The number of carbonyl (C=O) groups is 3. The van der Waals surface area contributed by atoms with Gasteiger partial charge in [-0.2, -0.15) is 0 Å². The predicted molar refractivity (Wildman–Crippen MR) is 110 cm³/mol. The number of esters is 1. The summed E-state index contributed by atoms with van der Waals surface area (Å²) in [5, 5.41) is 2.72. The molecule has 1 aliphatic heterocycles.